The van der Waals surface area contributed by atoms with Crippen molar-refractivity contribution in [3.8, 4) is 11.3 Å². The van der Waals surface area contributed by atoms with Crippen LogP contribution < -0.4 is 5.73 Å². The van der Waals surface area contributed by atoms with Gasteiger partial charge in [0, 0.05) is 10.3 Å². The Balaban J connectivity index is 2.20. The number of carboxylic acid groups (broad SMARTS) is 1. The second kappa shape index (κ2) is 4.77. The highest BCUT2D eigenvalue weighted by molar-refractivity contribution is 7.17. The number of hydrogen-bond donors (Lipinski definition) is 2. The van der Waals surface area contributed by atoms with Crippen LogP contribution >= 0.6 is 22.9 Å². The Morgan fingerprint density at radius 2 is 2.10 bits per heavy atom. The average molecular weight is 305 g/mol. The molecule has 3 rings (SSSR count). The van der Waals surface area contributed by atoms with Gasteiger partial charge in [0.25, 0.3) is 0 Å². The van der Waals surface area contributed by atoms with Crippen LogP contribution in [0, 0.1) is 0 Å². The molecule has 0 saturated carbocycles. The van der Waals surface area contributed by atoms with Gasteiger partial charge in [-0.25, -0.2) is 9.78 Å². The molecule has 100 valence electrons. The van der Waals surface area contributed by atoms with Crippen molar-refractivity contribution in [1.29, 1.82) is 0 Å². The standard InChI is InChI=1S/C14H9ClN2O2S/c15-12-9(16)6-10(17-13(12)14(18)19)8-2-1-7-3-4-20-11(7)5-8/h1-6H,(H2,16,17)(H,18,19). The smallest absolute Gasteiger partial charge is 0.356 e. The van der Waals surface area contributed by atoms with Crippen molar-refractivity contribution in [1.82, 2.24) is 4.98 Å². The van der Waals surface area contributed by atoms with E-state index >= 15 is 0 Å². The molecule has 6 heteroatoms. The van der Waals surface area contributed by atoms with Crippen LogP contribution in [0.15, 0.2) is 35.7 Å². The van der Waals surface area contributed by atoms with Gasteiger partial charge in [0.05, 0.1) is 16.4 Å². The molecule has 0 spiro atoms. The molecule has 20 heavy (non-hydrogen) atoms. The summed E-state index contributed by atoms with van der Waals surface area (Å²) in [6.45, 7) is 0. The first kappa shape index (κ1) is 12.9. The summed E-state index contributed by atoms with van der Waals surface area (Å²) in [7, 11) is 0. The highest BCUT2D eigenvalue weighted by Crippen LogP contribution is 2.31. The van der Waals surface area contributed by atoms with Gasteiger partial charge >= 0.3 is 5.97 Å². The summed E-state index contributed by atoms with van der Waals surface area (Å²) in [4.78, 5) is 15.2. The second-order valence-corrected chi connectivity index (χ2v) is 5.56. The van der Waals surface area contributed by atoms with Gasteiger partial charge in [-0.2, -0.15) is 0 Å². The van der Waals surface area contributed by atoms with Crippen LogP contribution in [0.1, 0.15) is 10.5 Å². The molecule has 0 unspecified atom stereocenters. The number of aromatic nitrogens is 1. The zero-order valence-electron chi connectivity index (χ0n) is 10.1. The zero-order chi connectivity index (χ0) is 14.3. The third-order valence-electron chi connectivity index (χ3n) is 2.94. The van der Waals surface area contributed by atoms with E-state index < -0.39 is 5.97 Å². The van der Waals surface area contributed by atoms with Gasteiger partial charge in [0.2, 0.25) is 0 Å². The third-order valence-corrected chi connectivity index (χ3v) is 4.22. The largest absolute Gasteiger partial charge is 0.476 e. The summed E-state index contributed by atoms with van der Waals surface area (Å²) in [5, 5.41) is 12.2. The van der Waals surface area contributed by atoms with E-state index in [0.29, 0.717) is 5.69 Å². The van der Waals surface area contributed by atoms with Crippen molar-refractivity contribution in [3.63, 3.8) is 0 Å². The molecule has 0 aliphatic heterocycles. The molecular formula is C14H9ClN2O2S. The van der Waals surface area contributed by atoms with Crippen molar-refractivity contribution in [2.45, 2.75) is 0 Å². The first-order valence-electron chi connectivity index (χ1n) is 5.73. The number of carbonyl (C=O) groups is 1. The van der Waals surface area contributed by atoms with E-state index in [4.69, 9.17) is 22.4 Å². The Kier molecular flexibility index (Phi) is 3.08. The van der Waals surface area contributed by atoms with Crippen LogP contribution in [-0.2, 0) is 0 Å². The van der Waals surface area contributed by atoms with Crippen molar-refractivity contribution in [3.05, 3.63) is 46.4 Å². The highest BCUT2D eigenvalue weighted by atomic mass is 35.5. The molecule has 0 radical (unpaired) electrons. The molecule has 0 fully saturated rings. The van der Waals surface area contributed by atoms with Crippen molar-refractivity contribution >= 4 is 44.7 Å². The predicted octanol–water partition coefficient (Wildman–Crippen LogP) is 3.90. The number of nitrogen functional groups attached to an aromatic ring is 1. The highest BCUT2D eigenvalue weighted by Gasteiger charge is 2.16. The first-order chi connectivity index (χ1) is 9.56. The van der Waals surface area contributed by atoms with Gasteiger partial charge in [0.1, 0.15) is 0 Å². The van der Waals surface area contributed by atoms with Gasteiger partial charge in [-0.05, 0) is 29.0 Å². The first-order valence-corrected chi connectivity index (χ1v) is 6.99. The Bertz CT molecular complexity index is 829. The number of benzene rings is 1. The molecule has 0 saturated heterocycles. The van der Waals surface area contributed by atoms with E-state index in [0.717, 1.165) is 15.6 Å². The summed E-state index contributed by atoms with van der Waals surface area (Å²) in [5.74, 6) is -1.19. The monoisotopic (exact) mass is 304 g/mol. The number of nitrogens with zero attached hydrogens (tertiary/aromatic N) is 1. The fourth-order valence-electron chi connectivity index (χ4n) is 1.95. The molecule has 3 N–H and O–H groups in total. The maximum absolute atomic E-state index is 11.1. The van der Waals surface area contributed by atoms with E-state index in [-0.39, 0.29) is 16.4 Å². The lowest BCUT2D eigenvalue weighted by Crippen LogP contribution is -2.05. The van der Waals surface area contributed by atoms with Crippen LogP contribution in [0.4, 0.5) is 5.69 Å². The minimum atomic E-state index is -1.19. The summed E-state index contributed by atoms with van der Waals surface area (Å²) in [6, 6.07) is 9.42. The van der Waals surface area contributed by atoms with Gasteiger partial charge in [-0.3, -0.25) is 0 Å². The van der Waals surface area contributed by atoms with Crippen LogP contribution in [0.25, 0.3) is 21.3 Å². The molecule has 0 atom stereocenters. The normalized spacial score (nSPS) is 10.8. The lowest BCUT2D eigenvalue weighted by Gasteiger charge is -2.07. The summed E-state index contributed by atoms with van der Waals surface area (Å²) < 4.78 is 1.11. The quantitative estimate of drug-likeness (QED) is 0.753. The average Bonchev–Trinajstić information content (AvgIpc) is 2.88. The van der Waals surface area contributed by atoms with Crippen molar-refractivity contribution < 1.29 is 9.90 Å². The Hall–Kier alpha value is -2.11. The topological polar surface area (TPSA) is 76.2 Å². The fourth-order valence-corrected chi connectivity index (χ4v) is 2.96. The van der Waals surface area contributed by atoms with E-state index in [1.54, 1.807) is 17.4 Å². The molecule has 1 aromatic carbocycles. The fraction of sp³-hybridized carbons (Fsp3) is 0. The summed E-state index contributed by atoms with van der Waals surface area (Å²) >= 11 is 7.47. The number of nitrogens with two attached hydrogens (primary N) is 1. The summed E-state index contributed by atoms with van der Waals surface area (Å²) in [6.07, 6.45) is 0. The lowest BCUT2D eigenvalue weighted by atomic mass is 10.1. The molecule has 2 aromatic heterocycles. The van der Waals surface area contributed by atoms with Crippen LogP contribution in [0.3, 0.4) is 0 Å². The van der Waals surface area contributed by atoms with E-state index in [2.05, 4.69) is 4.98 Å². The second-order valence-electron chi connectivity index (χ2n) is 4.24. The number of thiophene rings is 1. The maximum Gasteiger partial charge on any atom is 0.356 e. The van der Waals surface area contributed by atoms with Crippen molar-refractivity contribution in [2.75, 3.05) is 5.73 Å². The lowest BCUT2D eigenvalue weighted by molar-refractivity contribution is 0.0691. The Labute approximate surface area is 123 Å². The van der Waals surface area contributed by atoms with E-state index in [1.807, 2.05) is 29.6 Å². The predicted molar refractivity (Wildman–Crippen MR) is 81.4 cm³/mol. The number of halogens is 1. The number of rotatable bonds is 2. The van der Waals surface area contributed by atoms with E-state index in [9.17, 15) is 4.79 Å². The number of fused-ring (bicyclic) bond motifs is 1. The molecule has 0 amide bonds. The Morgan fingerprint density at radius 1 is 1.30 bits per heavy atom. The minimum absolute atomic E-state index is 0.0292. The Morgan fingerprint density at radius 3 is 2.85 bits per heavy atom. The molecular weight excluding hydrogens is 296 g/mol. The molecule has 0 aliphatic carbocycles. The molecule has 0 bridgehead atoms. The zero-order valence-corrected chi connectivity index (χ0v) is 11.7. The van der Waals surface area contributed by atoms with Crippen LogP contribution in [0.5, 0.6) is 0 Å². The van der Waals surface area contributed by atoms with Crippen LogP contribution in [0.2, 0.25) is 5.02 Å². The number of anilines is 1. The maximum atomic E-state index is 11.1. The third kappa shape index (κ3) is 2.11. The van der Waals surface area contributed by atoms with Crippen LogP contribution in [-0.4, -0.2) is 16.1 Å². The van der Waals surface area contributed by atoms with Gasteiger partial charge < -0.3 is 10.8 Å². The number of hydrogen-bond acceptors (Lipinski definition) is 4. The number of aromatic carboxylic acids is 1. The van der Waals surface area contributed by atoms with Gasteiger partial charge in [-0.1, -0.05) is 23.7 Å². The number of carboxylic acids is 1. The molecule has 0 aliphatic rings. The SMILES string of the molecule is Nc1cc(-c2ccc3ccsc3c2)nc(C(=O)O)c1Cl. The summed E-state index contributed by atoms with van der Waals surface area (Å²) in [5.41, 5.74) is 7.05. The molecule has 2 heterocycles. The van der Waals surface area contributed by atoms with E-state index in [1.165, 1.54) is 0 Å². The molecule has 4 nitrogen and oxygen atoms in total. The van der Waals surface area contributed by atoms with Gasteiger partial charge in [-0.15, -0.1) is 11.3 Å². The minimum Gasteiger partial charge on any atom is -0.476 e. The van der Waals surface area contributed by atoms with Gasteiger partial charge in [0.15, 0.2) is 5.69 Å². The number of pyridine rings is 1. The van der Waals surface area contributed by atoms with Crippen molar-refractivity contribution in [2.24, 2.45) is 0 Å². The molecule has 3 aromatic rings.